The van der Waals surface area contributed by atoms with Crippen molar-refractivity contribution in [3.05, 3.63) is 48.0 Å². The quantitative estimate of drug-likeness (QED) is 0.380. The number of carboxylic acid groups (broad SMARTS) is 1. The number of rotatable bonds is 11. The second-order valence-corrected chi connectivity index (χ2v) is 9.61. The maximum Gasteiger partial charge on any atom is 0.303 e. The molecular weight excluding hydrogens is 362 g/mol. The van der Waals surface area contributed by atoms with Crippen LogP contribution >= 0.6 is 0 Å². The largest absolute Gasteiger partial charge is 0.481 e. The minimum atomic E-state index is -0.716. The zero-order chi connectivity index (χ0) is 20.9. The monoisotopic (exact) mass is 399 g/mol. The van der Waals surface area contributed by atoms with E-state index in [-0.39, 0.29) is 12.5 Å². The fraction of sp³-hybridized carbons (Fsp3) is 0.640. The Labute approximate surface area is 175 Å². The lowest BCUT2D eigenvalue weighted by atomic mass is 9.44. The van der Waals surface area contributed by atoms with Crippen molar-refractivity contribution in [1.82, 2.24) is 5.32 Å². The Kier molecular flexibility index (Phi) is 7.53. The molecule has 0 unspecified atom stereocenters. The molecule has 4 heteroatoms. The molecule has 4 rings (SSSR count). The molecule has 0 spiro atoms. The first kappa shape index (κ1) is 22.0. The van der Waals surface area contributed by atoms with Crippen LogP contribution in [0.25, 0.3) is 0 Å². The van der Waals surface area contributed by atoms with Crippen molar-refractivity contribution >= 4 is 5.97 Å². The van der Waals surface area contributed by atoms with Crippen LogP contribution in [0.3, 0.4) is 0 Å². The number of hydrogen-bond donors (Lipinski definition) is 3. The van der Waals surface area contributed by atoms with Crippen LogP contribution in [0.4, 0.5) is 0 Å². The molecule has 5 atom stereocenters. The molecule has 29 heavy (non-hydrogen) atoms. The van der Waals surface area contributed by atoms with E-state index in [4.69, 9.17) is 5.11 Å². The number of nitrogens with one attached hydrogen (secondary N) is 1. The number of carboxylic acids is 1. The van der Waals surface area contributed by atoms with Crippen LogP contribution < -0.4 is 5.32 Å². The van der Waals surface area contributed by atoms with Crippen LogP contribution in [0.1, 0.15) is 57.9 Å². The molecular formula is C25H37NO3. The fourth-order valence-electron chi connectivity index (χ4n) is 5.50. The fourth-order valence-corrected chi connectivity index (χ4v) is 5.50. The van der Waals surface area contributed by atoms with Crippen molar-refractivity contribution in [3.63, 3.8) is 0 Å². The molecule has 0 radical (unpaired) electrons. The minimum Gasteiger partial charge on any atom is -0.481 e. The third kappa shape index (κ3) is 5.70. The van der Waals surface area contributed by atoms with Gasteiger partial charge in [-0.25, -0.2) is 0 Å². The molecule has 2 bridgehead atoms. The van der Waals surface area contributed by atoms with Gasteiger partial charge in [-0.15, -0.1) is 0 Å². The van der Waals surface area contributed by atoms with Crippen LogP contribution in [0, 0.1) is 23.2 Å². The predicted molar refractivity (Wildman–Crippen MR) is 117 cm³/mol. The average molecular weight is 400 g/mol. The van der Waals surface area contributed by atoms with Gasteiger partial charge in [-0.3, -0.25) is 4.79 Å². The molecule has 0 amide bonds. The number of fused-ring (bicyclic) bond motifs is 2. The summed E-state index contributed by atoms with van der Waals surface area (Å²) >= 11 is 0. The molecule has 0 aromatic heterocycles. The van der Waals surface area contributed by atoms with E-state index < -0.39 is 5.97 Å². The topological polar surface area (TPSA) is 69.6 Å². The van der Waals surface area contributed by atoms with Gasteiger partial charge in [-0.05, 0) is 67.3 Å². The summed E-state index contributed by atoms with van der Waals surface area (Å²) in [7, 11) is 0. The Balaban J connectivity index is 1.50. The number of allylic oxidation sites excluding steroid dienone is 2. The Morgan fingerprint density at radius 2 is 2.00 bits per heavy atom. The summed E-state index contributed by atoms with van der Waals surface area (Å²) in [6.07, 6.45) is 10.1. The lowest BCUT2D eigenvalue weighted by molar-refractivity contribution is -0.137. The van der Waals surface area contributed by atoms with Crippen LogP contribution in [0.2, 0.25) is 0 Å². The predicted octanol–water partition coefficient (Wildman–Crippen LogP) is 4.43. The lowest BCUT2D eigenvalue weighted by Gasteiger charge is -2.63. The van der Waals surface area contributed by atoms with E-state index in [1.165, 1.54) is 18.4 Å². The number of carbonyl (C=O) groups is 1. The highest BCUT2D eigenvalue weighted by atomic mass is 16.4. The molecule has 160 valence electrons. The van der Waals surface area contributed by atoms with Gasteiger partial charge >= 0.3 is 5.97 Å². The van der Waals surface area contributed by atoms with Gasteiger partial charge < -0.3 is 15.5 Å². The van der Waals surface area contributed by atoms with Gasteiger partial charge in [-0.2, -0.15) is 0 Å². The highest BCUT2D eigenvalue weighted by molar-refractivity contribution is 5.66. The van der Waals surface area contributed by atoms with Gasteiger partial charge in [0.15, 0.2) is 0 Å². The Morgan fingerprint density at radius 1 is 1.24 bits per heavy atom. The van der Waals surface area contributed by atoms with E-state index in [1.54, 1.807) is 0 Å². The summed E-state index contributed by atoms with van der Waals surface area (Å²) in [5, 5.41) is 22.9. The summed E-state index contributed by atoms with van der Waals surface area (Å²) in [5.41, 5.74) is 1.60. The van der Waals surface area contributed by atoms with E-state index in [0.717, 1.165) is 24.7 Å². The molecule has 3 saturated carbocycles. The number of aliphatic hydroxyl groups is 1. The normalized spacial score (nSPS) is 28.8. The van der Waals surface area contributed by atoms with Gasteiger partial charge in [-0.1, -0.05) is 56.3 Å². The van der Waals surface area contributed by atoms with Crippen LogP contribution in [-0.4, -0.2) is 34.9 Å². The molecule has 3 fully saturated rings. The van der Waals surface area contributed by atoms with Gasteiger partial charge in [0.25, 0.3) is 0 Å². The number of hydrogen-bond acceptors (Lipinski definition) is 3. The Morgan fingerprint density at radius 3 is 2.69 bits per heavy atom. The molecule has 1 aromatic carbocycles. The summed E-state index contributed by atoms with van der Waals surface area (Å²) in [4.78, 5) is 10.6. The minimum absolute atomic E-state index is 0.245. The summed E-state index contributed by atoms with van der Waals surface area (Å²) in [6.45, 7) is 5.46. The van der Waals surface area contributed by atoms with Gasteiger partial charge in [0.05, 0.1) is 6.10 Å². The summed E-state index contributed by atoms with van der Waals surface area (Å²) < 4.78 is 0. The highest BCUT2D eigenvalue weighted by Crippen LogP contribution is 2.62. The zero-order valence-corrected chi connectivity index (χ0v) is 17.9. The number of aliphatic carboxylic acids is 1. The first-order valence-corrected chi connectivity index (χ1v) is 11.2. The molecule has 0 aliphatic heterocycles. The molecule has 3 aliphatic rings. The van der Waals surface area contributed by atoms with E-state index in [0.29, 0.717) is 36.8 Å². The Hall–Kier alpha value is -1.65. The second-order valence-electron chi connectivity index (χ2n) is 9.61. The first-order chi connectivity index (χ1) is 13.9. The maximum absolute atomic E-state index is 10.6. The highest BCUT2D eigenvalue weighted by Gasteiger charge is 2.56. The lowest BCUT2D eigenvalue weighted by Crippen LogP contribution is -2.61. The Bertz CT molecular complexity index is 685. The van der Waals surface area contributed by atoms with Gasteiger partial charge in [0.1, 0.15) is 0 Å². The molecule has 0 saturated heterocycles. The molecule has 4 nitrogen and oxygen atoms in total. The number of aliphatic hydroxyl groups excluding tert-OH is 1. The maximum atomic E-state index is 10.6. The third-order valence-electron chi connectivity index (χ3n) is 7.38. The van der Waals surface area contributed by atoms with Gasteiger partial charge in [0.2, 0.25) is 0 Å². The van der Waals surface area contributed by atoms with E-state index in [9.17, 15) is 9.90 Å². The van der Waals surface area contributed by atoms with Crippen molar-refractivity contribution in [1.29, 1.82) is 0 Å². The van der Waals surface area contributed by atoms with Crippen molar-refractivity contribution in [2.45, 2.75) is 70.9 Å². The van der Waals surface area contributed by atoms with Crippen LogP contribution in [0.15, 0.2) is 42.5 Å². The SMILES string of the molecule is CC1(C)[C@@H]2C[C@H](NC[C@@H](O)Cc3ccccc3)[C@@H](C/C=C\CCCC(=O)O)[C@H]1C2. The van der Waals surface area contributed by atoms with Crippen molar-refractivity contribution in [2.24, 2.45) is 23.2 Å². The van der Waals surface area contributed by atoms with E-state index in [1.807, 2.05) is 18.2 Å². The second kappa shape index (κ2) is 9.90. The number of unbranched alkanes of at least 4 members (excludes halogenated alkanes) is 1. The summed E-state index contributed by atoms with van der Waals surface area (Å²) in [6, 6.07) is 10.6. The van der Waals surface area contributed by atoms with Crippen LogP contribution in [0.5, 0.6) is 0 Å². The summed E-state index contributed by atoms with van der Waals surface area (Å²) in [5.74, 6) is 1.39. The van der Waals surface area contributed by atoms with Crippen molar-refractivity contribution < 1.29 is 15.0 Å². The van der Waals surface area contributed by atoms with Crippen LogP contribution in [-0.2, 0) is 11.2 Å². The average Bonchev–Trinajstić information content (AvgIpc) is 2.69. The molecule has 3 N–H and O–H groups in total. The first-order valence-electron chi connectivity index (χ1n) is 11.2. The third-order valence-corrected chi connectivity index (χ3v) is 7.38. The van der Waals surface area contributed by atoms with E-state index in [2.05, 4.69) is 43.4 Å². The smallest absolute Gasteiger partial charge is 0.303 e. The zero-order valence-electron chi connectivity index (χ0n) is 17.9. The van der Waals surface area contributed by atoms with E-state index >= 15 is 0 Å². The van der Waals surface area contributed by atoms with Crippen molar-refractivity contribution in [3.8, 4) is 0 Å². The molecule has 0 heterocycles. The molecule has 1 aromatic rings. The van der Waals surface area contributed by atoms with Gasteiger partial charge in [0, 0.05) is 19.0 Å². The van der Waals surface area contributed by atoms with Crippen molar-refractivity contribution in [2.75, 3.05) is 6.54 Å². The number of benzene rings is 1. The standard InChI is InChI=1S/C25H37NO3/c1-25(2)19-15-22(25)21(12-8-3-4-9-13-24(28)29)23(16-19)26-17-20(27)14-18-10-6-5-7-11-18/h3,5-8,10-11,19-23,26-27H,4,9,12-17H2,1-2H3,(H,28,29)/b8-3-/t19-,20-,21-,22+,23-/m0/s1. The molecule has 3 aliphatic carbocycles.